The van der Waals surface area contributed by atoms with E-state index in [0.717, 1.165) is 0 Å². The van der Waals surface area contributed by atoms with E-state index in [-0.39, 0.29) is 0 Å². The molecule has 0 unspecified atom stereocenters. The number of rotatable bonds is 2. The Morgan fingerprint density at radius 2 is 1.20 bits per heavy atom. The van der Waals surface area contributed by atoms with Crippen molar-refractivity contribution in [2.45, 2.75) is 6.92 Å². The van der Waals surface area contributed by atoms with Gasteiger partial charge >= 0.3 is 0 Å². The lowest BCUT2D eigenvalue weighted by Gasteiger charge is -2.13. The Morgan fingerprint density at radius 1 is 0.533 bits per heavy atom. The summed E-state index contributed by atoms with van der Waals surface area (Å²) >= 11 is 0. The van der Waals surface area contributed by atoms with Crippen molar-refractivity contribution in [3.05, 3.63) is 115 Å². The van der Waals surface area contributed by atoms with Crippen LogP contribution in [0.4, 0.5) is 0 Å². The Labute approximate surface area is 175 Å². The van der Waals surface area contributed by atoms with E-state index < -0.39 is 0 Å². The van der Waals surface area contributed by atoms with Crippen LogP contribution in [0.3, 0.4) is 0 Å². The number of hydrogen-bond donors (Lipinski definition) is 0. The van der Waals surface area contributed by atoms with Crippen molar-refractivity contribution in [2.24, 2.45) is 0 Å². The van der Waals surface area contributed by atoms with E-state index in [4.69, 9.17) is 0 Å². The van der Waals surface area contributed by atoms with E-state index in [9.17, 15) is 0 Å². The van der Waals surface area contributed by atoms with Gasteiger partial charge in [-0.2, -0.15) is 0 Å². The molecule has 0 spiro atoms. The molecule has 0 saturated heterocycles. The quantitative estimate of drug-likeness (QED) is 0.286. The van der Waals surface area contributed by atoms with Crippen LogP contribution in [0.2, 0.25) is 0 Å². The van der Waals surface area contributed by atoms with Crippen molar-refractivity contribution in [1.82, 2.24) is 4.57 Å². The van der Waals surface area contributed by atoms with E-state index >= 15 is 0 Å². The van der Waals surface area contributed by atoms with Gasteiger partial charge in [-0.25, -0.2) is 0 Å². The molecule has 6 aromatic rings. The van der Waals surface area contributed by atoms with Gasteiger partial charge in [-0.05, 0) is 53.8 Å². The van der Waals surface area contributed by atoms with Crippen molar-refractivity contribution < 1.29 is 0 Å². The van der Waals surface area contributed by atoms with E-state index in [1.54, 1.807) is 0 Å². The minimum absolute atomic E-state index is 1.19. The van der Waals surface area contributed by atoms with Gasteiger partial charge in [0, 0.05) is 21.8 Å². The van der Waals surface area contributed by atoms with Crippen LogP contribution in [0, 0.1) is 6.92 Å². The van der Waals surface area contributed by atoms with E-state index in [1.807, 2.05) is 0 Å². The smallest absolute Gasteiger partial charge is 0.0620 e. The van der Waals surface area contributed by atoms with Crippen LogP contribution in [0.15, 0.2) is 109 Å². The maximum atomic E-state index is 2.42. The third-order valence-corrected chi connectivity index (χ3v) is 6.02. The van der Waals surface area contributed by atoms with Crippen molar-refractivity contribution in [3.8, 4) is 16.8 Å². The Bertz CT molecular complexity index is 1520. The molecule has 0 aliphatic heterocycles. The second-order valence-corrected chi connectivity index (χ2v) is 7.92. The van der Waals surface area contributed by atoms with E-state index in [2.05, 4.69) is 121 Å². The van der Waals surface area contributed by atoms with Crippen molar-refractivity contribution in [1.29, 1.82) is 0 Å². The molecule has 1 heterocycles. The van der Waals surface area contributed by atoms with Crippen LogP contribution in [-0.4, -0.2) is 4.57 Å². The first kappa shape index (κ1) is 17.1. The first-order chi connectivity index (χ1) is 14.8. The lowest BCUT2D eigenvalue weighted by atomic mass is 9.94. The molecule has 30 heavy (non-hydrogen) atoms. The lowest BCUT2D eigenvalue weighted by Crippen LogP contribution is -1.94. The first-order valence-electron chi connectivity index (χ1n) is 10.4. The topological polar surface area (TPSA) is 4.93 Å². The molecule has 0 radical (unpaired) electrons. The van der Waals surface area contributed by atoms with Gasteiger partial charge in [0.15, 0.2) is 0 Å². The SMILES string of the molecule is Cc1ccc2c(-c3ccccc3)cc3c4ccccc4n(-c4ccccc4)c3c2c1. The lowest BCUT2D eigenvalue weighted by molar-refractivity contribution is 1.19. The number of benzene rings is 5. The molecule has 0 aliphatic rings. The predicted octanol–water partition coefficient (Wildman–Crippen LogP) is 7.91. The monoisotopic (exact) mass is 383 g/mol. The molecule has 0 bridgehead atoms. The van der Waals surface area contributed by atoms with Gasteiger partial charge in [0.1, 0.15) is 0 Å². The molecule has 0 N–H and O–H groups in total. The van der Waals surface area contributed by atoms with Crippen LogP contribution in [0.1, 0.15) is 5.56 Å². The third kappa shape index (κ3) is 2.49. The molecule has 0 aliphatic carbocycles. The van der Waals surface area contributed by atoms with Crippen molar-refractivity contribution in [3.63, 3.8) is 0 Å². The fourth-order valence-electron chi connectivity index (χ4n) is 4.69. The van der Waals surface area contributed by atoms with E-state index in [1.165, 1.54) is 55.0 Å². The van der Waals surface area contributed by atoms with Gasteiger partial charge in [0.25, 0.3) is 0 Å². The van der Waals surface area contributed by atoms with Crippen LogP contribution < -0.4 is 0 Å². The summed E-state index contributed by atoms with van der Waals surface area (Å²) in [6.45, 7) is 2.18. The van der Waals surface area contributed by atoms with Crippen molar-refractivity contribution in [2.75, 3.05) is 0 Å². The van der Waals surface area contributed by atoms with Crippen LogP contribution in [-0.2, 0) is 0 Å². The van der Waals surface area contributed by atoms with Gasteiger partial charge < -0.3 is 4.57 Å². The Kier molecular flexibility index (Phi) is 3.75. The highest BCUT2D eigenvalue weighted by molar-refractivity contribution is 6.22. The molecular formula is C29H21N. The van der Waals surface area contributed by atoms with Gasteiger partial charge in [-0.3, -0.25) is 0 Å². The fourth-order valence-corrected chi connectivity index (χ4v) is 4.69. The normalized spacial score (nSPS) is 11.5. The predicted molar refractivity (Wildman–Crippen MR) is 128 cm³/mol. The maximum absolute atomic E-state index is 2.42. The largest absolute Gasteiger partial charge is 0.309 e. The number of fused-ring (bicyclic) bond motifs is 5. The molecule has 1 heteroatoms. The molecule has 142 valence electrons. The maximum Gasteiger partial charge on any atom is 0.0620 e. The zero-order chi connectivity index (χ0) is 20.1. The summed E-state index contributed by atoms with van der Waals surface area (Å²) in [5.41, 5.74) is 7.53. The summed E-state index contributed by atoms with van der Waals surface area (Å²) in [5, 5.41) is 5.18. The van der Waals surface area contributed by atoms with Gasteiger partial charge in [-0.15, -0.1) is 0 Å². The zero-order valence-corrected chi connectivity index (χ0v) is 16.8. The molecule has 0 saturated carbocycles. The average molecular weight is 383 g/mol. The molecule has 1 aromatic heterocycles. The van der Waals surface area contributed by atoms with Crippen LogP contribution in [0.5, 0.6) is 0 Å². The van der Waals surface area contributed by atoms with Gasteiger partial charge in [0.2, 0.25) is 0 Å². The molecule has 0 atom stereocenters. The molecule has 0 fully saturated rings. The summed E-state index contributed by atoms with van der Waals surface area (Å²) in [5.74, 6) is 0. The third-order valence-electron chi connectivity index (χ3n) is 6.02. The van der Waals surface area contributed by atoms with Crippen molar-refractivity contribution >= 4 is 32.6 Å². The molecule has 0 amide bonds. The highest BCUT2D eigenvalue weighted by Gasteiger charge is 2.17. The fraction of sp³-hybridized carbons (Fsp3) is 0.0345. The minimum Gasteiger partial charge on any atom is -0.309 e. The number of hydrogen-bond acceptors (Lipinski definition) is 0. The van der Waals surface area contributed by atoms with Crippen LogP contribution >= 0.6 is 0 Å². The zero-order valence-electron chi connectivity index (χ0n) is 16.8. The highest BCUT2D eigenvalue weighted by Crippen LogP contribution is 2.41. The standard InChI is InChI=1S/C29H21N/c1-20-16-17-23-25(21-10-4-2-5-11-21)19-27-24-14-8-9-15-28(24)30(29(27)26(23)18-20)22-12-6-3-7-13-22/h2-19H,1H3. The summed E-state index contributed by atoms with van der Waals surface area (Å²) in [6, 6.07) is 39.4. The summed E-state index contributed by atoms with van der Waals surface area (Å²) in [4.78, 5) is 0. The number of nitrogens with zero attached hydrogens (tertiary/aromatic N) is 1. The summed E-state index contributed by atoms with van der Waals surface area (Å²) in [6.07, 6.45) is 0. The minimum atomic E-state index is 1.19. The second kappa shape index (κ2) is 6.60. The Hall–Kier alpha value is -3.84. The molecule has 5 aromatic carbocycles. The Morgan fingerprint density at radius 3 is 2.00 bits per heavy atom. The molecule has 6 rings (SSSR count). The van der Waals surface area contributed by atoms with Gasteiger partial charge in [-0.1, -0.05) is 84.4 Å². The number of para-hydroxylation sites is 2. The summed E-state index contributed by atoms with van der Waals surface area (Å²) in [7, 11) is 0. The second-order valence-electron chi connectivity index (χ2n) is 7.92. The van der Waals surface area contributed by atoms with Crippen LogP contribution in [0.25, 0.3) is 49.4 Å². The highest BCUT2D eigenvalue weighted by atomic mass is 15.0. The number of aromatic nitrogens is 1. The first-order valence-corrected chi connectivity index (χ1v) is 10.4. The Balaban J connectivity index is 1.88. The van der Waals surface area contributed by atoms with Gasteiger partial charge in [0.05, 0.1) is 11.0 Å². The summed E-state index contributed by atoms with van der Waals surface area (Å²) < 4.78 is 2.42. The average Bonchev–Trinajstić information content (AvgIpc) is 3.14. The number of aryl methyl sites for hydroxylation is 1. The molecule has 1 nitrogen and oxygen atoms in total. The van der Waals surface area contributed by atoms with E-state index in [0.29, 0.717) is 0 Å². The molecular weight excluding hydrogens is 362 g/mol.